The minimum Gasteiger partial charge on any atom is -0.361 e. The molecule has 1 aliphatic rings. The first kappa shape index (κ1) is 11.8. The fraction of sp³-hybridized carbons (Fsp3) is 0.250. The highest BCUT2D eigenvalue weighted by molar-refractivity contribution is 6.30. The van der Waals surface area contributed by atoms with E-state index in [-0.39, 0.29) is 6.03 Å². The van der Waals surface area contributed by atoms with Gasteiger partial charge < -0.3 is 4.90 Å². The molecule has 0 unspecified atom stereocenters. The maximum Gasteiger partial charge on any atom is 0.329 e. The lowest BCUT2D eigenvalue weighted by Gasteiger charge is -2.24. The zero-order chi connectivity index (χ0) is 12.4. The van der Waals surface area contributed by atoms with Crippen LogP contribution in [0.5, 0.6) is 0 Å². The molecule has 0 spiro atoms. The van der Waals surface area contributed by atoms with E-state index in [0.29, 0.717) is 11.7 Å². The van der Waals surface area contributed by atoms with Gasteiger partial charge in [0.05, 0.1) is 6.67 Å². The monoisotopic (exact) mass is 251 g/mol. The van der Waals surface area contributed by atoms with E-state index < -0.39 is 0 Å². The molecule has 0 aliphatic carbocycles. The predicted octanol–water partition coefficient (Wildman–Crippen LogP) is 2.57. The smallest absolute Gasteiger partial charge is 0.329 e. The lowest BCUT2D eigenvalue weighted by Crippen LogP contribution is -2.39. The highest BCUT2D eigenvalue weighted by atomic mass is 35.5. The number of hydrogen-bond donors (Lipinski definition) is 0. The first-order chi connectivity index (χ1) is 8.08. The van der Waals surface area contributed by atoms with Crippen molar-refractivity contribution in [3.05, 3.63) is 41.7 Å². The molecule has 0 N–H and O–H groups in total. The van der Waals surface area contributed by atoms with Gasteiger partial charge in [0, 0.05) is 37.2 Å². The third-order valence-electron chi connectivity index (χ3n) is 2.62. The van der Waals surface area contributed by atoms with Gasteiger partial charge in [-0.05, 0) is 24.3 Å². The minimum absolute atomic E-state index is 0.0621. The average Bonchev–Trinajstić information content (AvgIpc) is 2.75. The number of urea groups is 1. The number of carbonyl (C=O) groups is 1. The van der Waals surface area contributed by atoms with Gasteiger partial charge in [-0.3, -0.25) is 9.80 Å². The molecule has 2 amide bonds. The van der Waals surface area contributed by atoms with E-state index in [1.165, 1.54) is 0 Å². The molecular formula is C12H14ClN3O. The van der Waals surface area contributed by atoms with Crippen LogP contribution in [-0.2, 0) is 0 Å². The highest BCUT2D eigenvalue weighted by Gasteiger charge is 2.20. The summed E-state index contributed by atoms with van der Waals surface area (Å²) < 4.78 is 0. The van der Waals surface area contributed by atoms with Gasteiger partial charge in [0.1, 0.15) is 0 Å². The summed E-state index contributed by atoms with van der Waals surface area (Å²) in [5, 5.41) is 0.662. The third-order valence-corrected chi connectivity index (χ3v) is 2.88. The molecule has 0 aromatic heterocycles. The van der Waals surface area contributed by atoms with Crippen molar-refractivity contribution < 1.29 is 4.79 Å². The standard InChI is InChI=1S/C12H14ClN3O/c1-14-7-8-16(9-14)12(17)15(2)11-5-3-10(13)4-6-11/h3-8H,9H2,1-2H3. The fourth-order valence-electron chi connectivity index (χ4n) is 1.62. The Morgan fingerprint density at radius 1 is 1.29 bits per heavy atom. The number of halogens is 1. The maximum atomic E-state index is 12.1. The van der Waals surface area contributed by atoms with Crippen molar-refractivity contribution in [3.63, 3.8) is 0 Å². The van der Waals surface area contributed by atoms with Gasteiger partial charge in [0.2, 0.25) is 0 Å². The summed E-state index contributed by atoms with van der Waals surface area (Å²) >= 11 is 5.81. The molecule has 2 rings (SSSR count). The predicted molar refractivity (Wildman–Crippen MR) is 68.9 cm³/mol. The second-order valence-electron chi connectivity index (χ2n) is 3.98. The van der Waals surface area contributed by atoms with Crippen molar-refractivity contribution in [2.45, 2.75) is 0 Å². The van der Waals surface area contributed by atoms with Crippen molar-refractivity contribution in [3.8, 4) is 0 Å². The Morgan fingerprint density at radius 3 is 2.47 bits per heavy atom. The van der Waals surface area contributed by atoms with E-state index in [2.05, 4.69) is 0 Å². The molecule has 5 heteroatoms. The summed E-state index contributed by atoms with van der Waals surface area (Å²) in [7, 11) is 3.67. The second-order valence-corrected chi connectivity index (χ2v) is 4.42. The summed E-state index contributed by atoms with van der Waals surface area (Å²) in [5.74, 6) is 0. The third kappa shape index (κ3) is 2.53. The maximum absolute atomic E-state index is 12.1. The number of rotatable bonds is 1. The quantitative estimate of drug-likeness (QED) is 0.767. The van der Waals surface area contributed by atoms with Crippen LogP contribution in [0.15, 0.2) is 36.7 Å². The Morgan fingerprint density at radius 2 is 1.94 bits per heavy atom. The Bertz CT molecular complexity index is 444. The Labute approximate surface area is 106 Å². The van der Waals surface area contributed by atoms with Gasteiger partial charge in [-0.1, -0.05) is 11.6 Å². The zero-order valence-electron chi connectivity index (χ0n) is 9.80. The van der Waals surface area contributed by atoms with E-state index in [9.17, 15) is 4.79 Å². The van der Waals surface area contributed by atoms with Crippen LogP contribution in [0.25, 0.3) is 0 Å². The summed E-state index contributed by atoms with van der Waals surface area (Å²) in [6.45, 7) is 0.580. The first-order valence-electron chi connectivity index (χ1n) is 5.26. The first-order valence-corrected chi connectivity index (χ1v) is 5.64. The molecule has 1 aromatic rings. The summed E-state index contributed by atoms with van der Waals surface area (Å²) in [4.78, 5) is 17.3. The van der Waals surface area contributed by atoms with E-state index in [1.54, 1.807) is 35.2 Å². The van der Waals surface area contributed by atoms with Crippen LogP contribution in [0.4, 0.5) is 10.5 Å². The second kappa shape index (κ2) is 4.67. The van der Waals surface area contributed by atoms with Crippen molar-refractivity contribution >= 4 is 23.3 Å². The molecule has 1 aromatic carbocycles. The van der Waals surface area contributed by atoms with E-state index >= 15 is 0 Å². The lowest BCUT2D eigenvalue weighted by atomic mass is 10.3. The SMILES string of the molecule is CN1C=CN(C(=O)N(C)c2ccc(Cl)cc2)C1. The number of hydrogen-bond acceptors (Lipinski definition) is 2. The average molecular weight is 252 g/mol. The van der Waals surface area contributed by atoms with E-state index in [1.807, 2.05) is 30.3 Å². The fourth-order valence-corrected chi connectivity index (χ4v) is 1.75. The number of amides is 2. The van der Waals surface area contributed by atoms with Crippen molar-refractivity contribution in [2.75, 3.05) is 25.7 Å². The molecule has 1 aliphatic heterocycles. The molecule has 0 saturated carbocycles. The highest BCUT2D eigenvalue weighted by Crippen LogP contribution is 2.19. The topological polar surface area (TPSA) is 26.8 Å². The van der Waals surface area contributed by atoms with Gasteiger partial charge in [-0.15, -0.1) is 0 Å². The van der Waals surface area contributed by atoms with Crippen LogP contribution < -0.4 is 4.90 Å². The number of carbonyl (C=O) groups excluding carboxylic acids is 1. The molecule has 90 valence electrons. The van der Waals surface area contributed by atoms with Gasteiger partial charge >= 0.3 is 6.03 Å². The summed E-state index contributed by atoms with van der Waals surface area (Å²) in [6.07, 6.45) is 3.64. The number of anilines is 1. The number of nitrogens with zero attached hydrogens (tertiary/aromatic N) is 3. The molecule has 0 bridgehead atoms. The van der Waals surface area contributed by atoms with E-state index in [0.717, 1.165) is 5.69 Å². The lowest BCUT2D eigenvalue weighted by molar-refractivity contribution is 0.215. The molecule has 1 heterocycles. The Hall–Kier alpha value is -1.68. The summed E-state index contributed by atoms with van der Waals surface area (Å²) in [5.41, 5.74) is 0.822. The van der Waals surface area contributed by atoms with Gasteiger partial charge in [0.15, 0.2) is 0 Å². The Kier molecular flexibility index (Phi) is 3.24. The summed E-state index contributed by atoms with van der Waals surface area (Å²) in [6, 6.07) is 7.13. The molecule has 0 radical (unpaired) electrons. The molecule has 0 fully saturated rings. The molecule has 4 nitrogen and oxygen atoms in total. The molecule has 0 saturated heterocycles. The largest absolute Gasteiger partial charge is 0.361 e. The van der Waals surface area contributed by atoms with Crippen LogP contribution in [0.1, 0.15) is 0 Å². The minimum atomic E-state index is -0.0621. The van der Waals surface area contributed by atoms with Crippen LogP contribution in [0.2, 0.25) is 5.02 Å². The number of benzene rings is 1. The molecule has 0 atom stereocenters. The van der Waals surface area contributed by atoms with Crippen LogP contribution in [-0.4, -0.2) is 36.6 Å². The Balaban J connectivity index is 2.09. The van der Waals surface area contributed by atoms with Crippen LogP contribution in [0, 0.1) is 0 Å². The molecule has 17 heavy (non-hydrogen) atoms. The van der Waals surface area contributed by atoms with Crippen molar-refractivity contribution in [1.29, 1.82) is 0 Å². The van der Waals surface area contributed by atoms with Gasteiger partial charge in [-0.25, -0.2) is 4.79 Å². The normalized spacial score (nSPS) is 14.3. The van der Waals surface area contributed by atoms with Crippen LogP contribution in [0.3, 0.4) is 0 Å². The van der Waals surface area contributed by atoms with E-state index in [4.69, 9.17) is 11.6 Å². The van der Waals surface area contributed by atoms with Gasteiger partial charge in [0.25, 0.3) is 0 Å². The zero-order valence-corrected chi connectivity index (χ0v) is 10.6. The van der Waals surface area contributed by atoms with Crippen molar-refractivity contribution in [2.24, 2.45) is 0 Å². The van der Waals surface area contributed by atoms with Gasteiger partial charge in [-0.2, -0.15) is 0 Å². The van der Waals surface area contributed by atoms with Crippen LogP contribution >= 0.6 is 11.6 Å². The molecular weight excluding hydrogens is 238 g/mol. The van der Waals surface area contributed by atoms with Crippen molar-refractivity contribution in [1.82, 2.24) is 9.80 Å².